The van der Waals surface area contributed by atoms with E-state index in [1.165, 1.54) is 0 Å². The van der Waals surface area contributed by atoms with E-state index in [-0.39, 0.29) is 30.7 Å². The van der Waals surface area contributed by atoms with Gasteiger partial charge in [0.25, 0.3) is 0 Å². The topological polar surface area (TPSA) is 57.3 Å². The molecular weight excluding hydrogens is 275 g/mol. The Morgan fingerprint density at radius 2 is 2.06 bits per heavy atom. The van der Waals surface area contributed by atoms with Gasteiger partial charge in [0, 0.05) is 45.0 Å². The molecule has 0 atom stereocenters. The second-order valence-corrected chi connectivity index (χ2v) is 3.70. The summed E-state index contributed by atoms with van der Waals surface area (Å²) in [6.07, 6.45) is 2.15. The molecule has 1 rings (SSSR count). The Balaban J connectivity index is 0. The normalized spacial score (nSPS) is 8.83. The Morgan fingerprint density at radius 1 is 1.39 bits per heavy atom. The average Bonchev–Trinajstić information content (AvgIpc) is 2.26. The first-order valence-corrected chi connectivity index (χ1v) is 5.21. The molecule has 0 saturated heterocycles. The minimum Gasteiger partial charge on any atom is -0.363 e. The molecule has 5 nitrogen and oxygen atoms in total. The van der Waals surface area contributed by atoms with Crippen molar-refractivity contribution in [2.75, 3.05) is 37.9 Å². The zero-order valence-electron chi connectivity index (χ0n) is 10.8. The fraction of sp³-hybridized carbons (Fsp3) is 0.455. The quantitative estimate of drug-likeness (QED) is 0.865. The van der Waals surface area contributed by atoms with Crippen molar-refractivity contribution in [1.82, 2.24) is 10.3 Å². The van der Waals surface area contributed by atoms with Gasteiger partial charge < -0.3 is 15.5 Å². The zero-order chi connectivity index (χ0) is 12.0. The molecule has 0 aliphatic heterocycles. The van der Waals surface area contributed by atoms with Crippen LogP contribution in [-0.4, -0.2) is 38.6 Å². The van der Waals surface area contributed by atoms with Crippen LogP contribution in [0.1, 0.15) is 6.42 Å². The molecule has 0 aliphatic rings. The van der Waals surface area contributed by atoms with Crippen LogP contribution < -0.4 is 15.5 Å². The molecule has 2 N–H and O–H groups in total. The highest BCUT2D eigenvalue weighted by atomic mass is 35.5. The summed E-state index contributed by atoms with van der Waals surface area (Å²) in [6, 6.07) is 3.63. The minimum absolute atomic E-state index is 0. The number of nitrogens with one attached hydrogen (secondary N) is 2. The molecule has 0 fully saturated rings. The Labute approximate surface area is 120 Å². The van der Waals surface area contributed by atoms with Gasteiger partial charge in [-0.15, -0.1) is 24.8 Å². The van der Waals surface area contributed by atoms with Crippen LogP contribution in [0.4, 0.5) is 11.5 Å². The number of hydrogen-bond acceptors (Lipinski definition) is 4. The van der Waals surface area contributed by atoms with E-state index in [0.717, 1.165) is 11.5 Å². The lowest BCUT2D eigenvalue weighted by molar-refractivity contribution is -0.116. The Bertz CT molecular complexity index is 361. The number of anilines is 2. The van der Waals surface area contributed by atoms with Crippen LogP contribution in [0.15, 0.2) is 18.3 Å². The van der Waals surface area contributed by atoms with E-state index in [4.69, 9.17) is 0 Å². The molecule has 0 bridgehead atoms. The Morgan fingerprint density at radius 3 is 2.61 bits per heavy atom. The zero-order valence-corrected chi connectivity index (χ0v) is 12.4. The summed E-state index contributed by atoms with van der Waals surface area (Å²) in [6.45, 7) is 0.678. The van der Waals surface area contributed by atoms with E-state index in [9.17, 15) is 4.79 Å². The molecule has 7 heteroatoms. The lowest BCUT2D eigenvalue weighted by atomic mass is 10.3. The standard InChI is InChI=1S/C11H18N4O.2ClH/c1-12-6-5-11(16)14-9-4-7-13-10(8-9)15(2)3;;/h4,7-8,12H,5-6H2,1-3H3,(H,13,14,16);2*1H. The van der Waals surface area contributed by atoms with Gasteiger partial charge in [0.05, 0.1) is 0 Å². The maximum atomic E-state index is 11.5. The summed E-state index contributed by atoms with van der Waals surface area (Å²) in [5.41, 5.74) is 0.778. The van der Waals surface area contributed by atoms with Crippen LogP contribution in [0.3, 0.4) is 0 Å². The molecule has 1 amide bonds. The summed E-state index contributed by atoms with van der Waals surface area (Å²) in [7, 11) is 5.65. The van der Waals surface area contributed by atoms with Gasteiger partial charge in [-0.2, -0.15) is 0 Å². The van der Waals surface area contributed by atoms with Crippen LogP contribution in [-0.2, 0) is 4.79 Å². The predicted molar refractivity (Wildman–Crippen MR) is 80.2 cm³/mol. The largest absolute Gasteiger partial charge is 0.363 e. The highest BCUT2D eigenvalue weighted by molar-refractivity contribution is 5.91. The molecule has 0 aliphatic carbocycles. The predicted octanol–water partition coefficient (Wildman–Crippen LogP) is 1.54. The van der Waals surface area contributed by atoms with Crippen molar-refractivity contribution in [2.45, 2.75) is 6.42 Å². The van der Waals surface area contributed by atoms with Crippen molar-refractivity contribution in [3.63, 3.8) is 0 Å². The molecule has 1 aromatic heterocycles. The molecular formula is C11H20Cl2N4O. The maximum Gasteiger partial charge on any atom is 0.225 e. The number of rotatable bonds is 5. The molecule has 0 radical (unpaired) electrons. The van der Waals surface area contributed by atoms with Crippen LogP contribution >= 0.6 is 24.8 Å². The maximum absolute atomic E-state index is 11.5. The molecule has 18 heavy (non-hydrogen) atoms. The first-order chi connectivity index (χ1) is 7.63. The Kier molecular flexibility index (Phi) is 10.7. The molecule has 0 saturated carbocycles. The molecule has 1 heterocycles. The SMILES string of the molecule is CNCCC(=O)Nc1ccnc(N(C)C)c1.Cl.Cl. The molecule has 0 aromatic carbocycles. The smallest absolute Gasteiger partial charge is 0.225 e. The monoisotopic (exact) mass is 294 g/mol. The van der Waals surface area contributed by atoms with Crippen molar-refractivity contribution in [3.8, 4) is 0 Å². The number of amides is 1. The lowest BCUT2D eigenvalue weighted by Gasteiger charge is -2.12. The number of halogens is 2. The Hall–Kier alpha value is -1.04. The number of aromatic nitrogens is 1. The van der Waals surface area contributed by atoms with Crippen molar-refractivity contribution in [2.24, 2.45) is 0 Å². The first kappa shape index (κ1) is 19.3. The van der Waals surface area contributed by atoms with Crippen molar-refractivity contribution in [1.29, 1.82) is 0 Å². The number of hydrogen-bond donors (Lipinski definition) is 2. The third-order valence-corrected chi connectivity index (χ3v) is 2.09. The summed E-state index contributed by atoms with van der Waals surface area (Å²) in [4.78, 5) is 17.5. The van der Waals surface area contributed by atoms with Crippen molar-refractivity contribution < 1.29 is 4.79 Å². The summed E-state index contributed by atoms with van der Waals surface area (Å²) in [5.74, 6) is 0.830. The van der Waals surface area contributed by atoms with Gasteiger partial charge in [0.15, 0.2) is 0 Å². The number of carbonyl (C=O) groups is 1. The molecule has 1 aromatic rings. The second-order valence-electron chi connectivity index (χ2n) is 3.70. The van der Waals surface area contributed by atoms with Gasteiger partial charge in [-0.3, -0.25) is 4.79 Å². The summed E-state index contributed by atoms with van der Waals surface area (Å²) >= 11 is 0. The van der Waals surface area contributed by atoms with Crippen molar-refractivity contribution >= 4 is 42.2 Å². The third-order valence-electron chi connectivity index (χ3n) is 2.09. The highest BCUT2D eigenvalue weighted by Crippen LogP contribution is 2.13. The van der Waals surface area contributed by atoms with Gasteiger partial charge in [-0.25, -0.2) is 4.98 Å². The highest BCUT2D eigenvalue weighted by Gasteiger charge is 2.03. The molecule has 0 unspecified atom stereocenters. The molecule has 0 spiro atoms. The fourth-order valence-corrected chi connectivity index (χ4v) is 1.20. The van der Waals surface area contributed by atoms with Crippen molar-refractivity contribution in [3.05, 3.63) is 18.3 Å². The number of nitrogens with zero attached hydrogens (tertiary/aromatic N) is 2. The van der Waals surface area contributed by atoms with Crippen LogP contribution in [0.2, 0.25) is 0 Å². The van der Waals surface area contributed by atoms with E-state index in [1.54, 1.807) is 12.3 Å². The third kappa shape index (κ3) is 6.64. The van der Waals surface area contributed by atoms with E-state index in [1.807, 2.05) is 32.1 Å². The van der Waals surface area contributed by atoms with Crippen LogP contribution in [0.5, 0.6) is 0 Å². The lowest BCUT2D eigenvalue weighted by Crippen LogP contribution is -2.19. The second kappa shape index (κ2) is 9.94. The summed E-state index contributed by atoms with van der Waals surface area (Å²) < 4.78 is 0. The minimum atomic E-state index is 0. The fourth-order valence-electron chi connectivity index (χ4n) is 1.20. The van der Waals surface area contributed by atoms with Crippen LogP contribution in [0, 0.1) is 0 Å². The van der Waals surface area contributed by atoms with Gasteiger partial charge >= 0.3 is 0 Å². The average molecular weight is 295 g/mol. The van der Waals surface area contributed by atoms with E-state index < -0.39 is 0 Å². The number of carbonyl (C=O) groups excluding carboxylic acids is 1. The number of pyridine rings is 1. The van der Waals surface area contributed by atoms with Crippen LogP contribution in [0.25, 0.3) is 0 Å². The summed E-state index contributed by atoms with van der Waals surface area (Å²) in [5, 5.41) is 5.76. The first-order valence-electron chi connectivity index (χ1n) is 5.21. The van der Waals surface area contributed by atoms with E-state index >= 15 is 0 Å². The van der Waals surface area contributed by atoms with Gasteiger partial charge in [0.1, 0.15) is 5.82 Å². The van der Waals surface area contributed by atoms with Gasteiger partial charge in [0.2, 0.25) is 5.91 Å². The van der Waals surface area contributed by atoms with E-state index in [2.05, 4.69) is 15.6 Å². The molecule has 104 valence electrons. The van der Waals surface area contributed by atoms with Gasteiger partial charge in [-0.1, -0.05) is 0 Å². The van der Waals surface area contributed by atoms with E-state index in [0.29, 0.717) is 13.0 Å². The van der Waals surface area contributed by atoms with Gasteiger partial charge in [-0.05, 0) is 13.1 Å².